The molecule has 2 nitrogen and oxygen atoms in total. The summed E-state index contributed by atoms with van der Waals surface area (Å²) < 4.78 is 0. The summed E-state index contributed by atoms with van der Waals surface area (Å²) in [5.74, 6) is 3.27. The first kappa shape index (κ1) is 8.58. The molecular formula is C9H16N2. The topological polar surface area (TPSA) is 29.3 Å². The van der Waals surface area contributed by atoms with Crippen molar-refractivity contribution >= 4 is 0 Å². The van der Waals surface area contributed by atoms with Crippen LogP contribution in [0.1, 0.15) is 13.3 Å². The fourth-order valence-corrected chi connectivity index (χ4v) is 1.50. The van der Waals surface area contributed by atoms with Crippen LogP contribution in [-0.2, 0) is 0 Å². The molecule has 2 heteroatoms. The van der Waals surface area contributed by atoms with Gasteiger partial charge in [0, 0.05) is 32.1 Å². The Labute approximate surface area is 68.8 Å². The van der Waals surface area contributed by atoms with E-state index in [9.17, 15) is 0 Å². The van der Waals surface area contributed by atoms with E-state index in [0.717, 1.165) is 26.1 Å². The fraction of sp³-hybridized carbons (Fsp3) is 0.778. The molecule has 0 aromatic rings. The molecule has 2 unspecified atom stereocenters. The molecule has 0 bridgehead atoms. The van der Waals surface area contributed by atoms with Crippen molar-refractivity contribution in [3.05, 3.63) is 0 Å². The van der Waals surface area contributed by atoms with Crippen LogP contribution in [0.3, 0.4) is 0 Å². The van der Waals surface area contributed by atoms with E-state index in [1.165, 1.54) is 0 Å². The van der Waals surface area contributed by atoms with Crippen molar-refractivity contribution in [1.29, 1.82) is 0 Å². The minimum Gasteiger partial charge on any atom is -0.326 e. The number of terminal acetylenes is 1. The van der Waals surface area contributed by atoms with Crippen molar-refractivity contribution in [3.8, 4) is 12.3 Å². The van der Waals surface area contributed by atoms with E-state index in [1.807, 2.05) is 0 Å². The first-order chi connectivity index (χ1) is 5.24. The Balaban J connectivity index is 2.25. The zero-order chi connectivity index (χ0) is 8.27. The predicted molar refractivity (Wildman–Crippen MR) is 47.0 cm³/mol. The molecule has 1 aliphatic heterocycles. The van der Waals surface area contributed by atoms with E-state index in [2.05, 4.69) is 17.7 Å². The highest BCUT2D eigenvalue weighted by atomic mass is 15.2. The van der Waals surface area contributed by atoms with Gasteiger partial charge < -0.3 is 10.6 Å². The summed E-state index contributed by atoms with van der Waals surface area (Å²) in [6, 6.07) is 0.354. The maximum Gasteiger partial charge on any atom is 0.0214 e. The van der Waals surface area contributed by atoms with Crippen LogP contribution in [0.4, 0.5) is 0 Å². The Bertz CT molecular complexity index is 149. The number of nitrogens with zero attached hydrogens (tertiary/aromatic N) is 1. The van der Waals surface area contributed by atoms with Gasteiger partial charge in [-0.3, -0.25) is 0 Å². The zero-order valence-corrected chi connectivity index (χ0v) is 7.09. The lowest BCUT2D eigenvalue weighted by atomic mass is 10.1. The van der Waals surface area contributed by atoms with Gasteiger partial charge >= 0.3 is 0 Å². The maximum atomic E-state index is 5.85. The van der Waals surface area contributed by atoms with Gasteiger partial charge in [0.05, 0.1) is 0 Å². The Morgan fingerprint density at radius 2 is 2.36 bits per heavy atom. The molecule has 0 aromatic carbocycles. The number of hydrogen-bond acceptors (Lipinski definition) is 2. The largest absolute Gasteiger partial charge is 0.326 e. The lowest BCUT2D eigenvalue weighted by molar-refractivity contribution is 0.335. The summed E-state index contributed by atoms with van der Waals surface area (Å²) in [7, 11) is 0. The quantitative estimate of drug-likeness (QED) is 0.576. The molecule has 0 spiro atoms. The molecule has 0 amide bonds. The third kappa shape index (κ3) is 2.21. The van der Waals surface area contributed by atoms with Crippen LogP contribution in [0.15, 0.2) is 0 Å². The second-order valence-electron chi connectivity index (χ2n) is 3.35. The van der Waals surface area contributed by atoms with Crippen LogP contribution in [0.5, 0.6) is 0 Å². The summed E-state index contributed by atoms with van der Waals surface area (Å²) in [5.41, 5.74) is 5.85. The summed E-state index contributed by atoms with van der Waals surface area (Å²) in [4.78, 5) is 2.34. The molecule has 0 aliphatic carbocycles. The highest BCUT2D eigenvalue weighted by Gasteiger charge is 2.25. The number of nitrogens with two attached hydrogens (primary N) is 1. The Hall–Kier alpha value is -0.520. The molecule has 0 saturated carbocycles. The Morgan fingerprint density at radius 3 is 2.82 bits per heavy atom. The maximum absolute atomic E-state index is 5.85. The lowest BCUT2D eigenvalue weighted by Crippen LogP contribution is -2.28. The standard InChI is InChI=1S/C9H16N2/c1-3-4-5-11-6-8(2)9(10)7-11/h1,8-9H,4-7,10H2,2H3. The molecule has 1 rings (SSSR count). The average Bonchev–Trinajstić information content (AvgIpc) is 2.28. The van der Waals surface area contributed by atoms with Crippen molar-refractivity contribution in [2.24, 2.45) is 11.7 Å². The highest BCUT2D eigenvalue weighted by molar-refractivity contribution is 4.89. The van der Waals surface area contributed by atoms with E-state index in [-0.39, 0.29) is 0 Å². The fourth-order valence-electron chi connectivity index (χ4n) is 1.50. The van der Waals surface area contributed by atoms with E-state index < -0.39 is 0 Å². The third-order valence-electron chi connectivity index (χ3n) is 2.32. The minimum absolute atomic E-state index is 0.354. The summed E-state index contributed by atoms with van der Waals surface area (Å²) in [6.07, 6.45) is 6.01. The van der Waals surface area contributed by atoms with Crippen molar-refractivity contribution in [2.75, 3.05) is 19.6 Å². The SMILES string of the molecule is C#CCCN1CC(C)C(N)C1. The van der Waals surface area contributed by atoms with E-state index >= 15 is 0 Å². The van der Waals surface area contributed by atoms with Gasteiger partial charge in [-0.05, 0) is 5.92 Å². The van der Waals surface area contributed by atoms with Crippen LogP contribution in [0.2, 0.25) is 0 Å². The van der Waals surface area contributed by atoms with Crippen molar-refractivity contribution in [3.63, 3.8) is 0 Å². The van der Waals surface area contributed by atoms with Gasteiger partial charge in [0.2, 0.25) is 0 Å². The molecular weight excluding hydrogens is 136 g/mol. The number of rotatable bonds is 2. The zero-order valence-electron chi connectivity index (χ0n) is 7.09. The summed E-state index contributed by atoms with van der Waals surface area (Å²) in [6.45, 7) is 5.33. The second-order valence-corrected chi connectivity index (χ2v) is 3.35. The van der Waals surface area contributed by atoms with Crippen molar-refractivity contribution in [1.82, 2.24) is 4.90 Å². The lowest BCUT2D eigenvalue weighted by Gasteiger charge is -2.12. The molecule has 1 saturated heterocycles. The van der Waals surface area contributed by atoms with Gasteiger partial charge in [-0.2, -0.15) is 0 Å². The molecule has 0 aromatic heterocycles. The Morgan fingerprint density at radius 1 is 1.64 bits per heavy atom. The second kappa shape index (κ2) is 3.75. The van der Waals surface area contributed by atoms with Crippen molar-refractivity contribution < 1.29 is 0 Å². The Kier molecular flexibility index (Phi) is 2.92. The predicted octanol–water partition coefficient (Wildman–Crippen LogP) is 0.289. The molecule has 62 valence electrons. The molecule has 0 radical (unpaired) electrons. The van der Waals surface area contributed by atoms with Gasteiger partial charge in [0.1, 0.15) is 0 Å². The van der Waals surface area contributed by atoms with E-state index in [1.54, 1.807) is 0 Å². The van der Waals surface area contributed by atoms with Gasteiger partial charge in [-0.1, -0.05) is 6.92 Å². The third-order valence-corrected chi connectivity index (χ3v) is 2.32. The summed E-state index contributed by atoms with van der Waals surface area (Å²) >= 11 is 0. The number of likely N-dealkylation sites (tertiary alicyclic amines) is 1. The first-order valence-electron chi connectivity index (χ1n) is 4.15. The van der Waals surface area contributed by atoms with Gasteiger partial charge in [0.25, 0.3) is 0 Å². The van der Waals surface area contributed by atoms with E-state index in [0.29, 0.717) is 12.0 Å². The summed E-state index contributed by atoms with van der Waals surface area (Å²) in [5, 5.41) is 0. The van der Waals surface area contributed by atoms with E-state index in [4.69, 9.17) is 12.2 Å². The molecule has 1 fully saturated rings. The van der Waals surface area contributed by atoms with Crippen LogP contribution in [-0.4, -0.2) is 30.6 Å². The van der Waals surface area contributed by atoms with Gasteiger partial charge in [-0.25, -0.2) is 0 Å². The monoisotopic (exact) mass is 152 g/mol. The van der Waals surface area contributed by atoms with Crippen LogP contribution in [0.25, 0.3) is 0 Å². The molecule has 1 heterocycles. The molecule has 11 heavy (non-hydrogen) atoms. The molecule has 1 aliphatic rings. The smallest absolute Gasteiger partial charge is 0.0214 e. The minimum atomic E-state index is 0.354. The van der Waals surface area contributed by atoms with Crippen molar-refractivity contribution in [2.45, 2.75) is 19.4 Å². The van der Waals surface area contributed by atoms with Crippen LogP contribution in [0, 0.1) is 18.3 Å². The van der Waals surface area contributed by atoms with Gasteiger partial charge in [-0.15, -0.1) is 12.3 Å². The molecule has 2 N–H and O–H groups in total. The molecule has 2 atom stereocenters. The van der Waals surface area contributed by atoms with Crippen LogP contribution < -0.4 is 5.73 Å². The van der Waals surface area contributed by atoms with Crippen LogP contribution >= 0.6 is 0 Å². The number of hydrogen-bond donors (Lipinski definition) is 1. The first-order valence-corrected chi connectivity index (χ1v) is 4.15. The van der Waals surface area contributed by atoms with Gasteiger partial charge in [0.15, 0.2) is 0 Å². The highest BCUT2D eigenvalue weighted by Crippen LogP contribution is 2.13. The average molecular weight is 152 g/mol. The normalized spacial score (nSPS) is 32.1.